The van der Waals surface area contributed by atoms with E-state index in [1.807, 2.05) is 11.0 Å². The molecule has 9 heteroatoms. The summed E-state index contributed by atoms with van der Waals surface area (Å²) >= 11 is 0. The van der Waals surface area contributed by atoms with Gasteiger partial charge in [-0.2, -0.15) is 0 Å². The van der Waals surface area contributed by atoms with E-state index >= 15 is 0 Å². The molecule has 0 aliphatic carbocycles. The number of urea groups is 1. The Morgan fingerprint density at radius 3 is 2.27 bits per heavy atom. The molecule has 1 atom stereocenters. The molecule has 3 aliphatic heterocycles. The van der Waals surface area contributed by atoms with Crippen molar-refractivity contribution in [3.05, 3.63) is 23.3 Å². The maximum atomic E-state index is 12.3. The lowest BCUT2D eigenvalue weighted by Crippen LogP contribution is -2.46. The van der Waals surface area contributed by atoms with Crippen molar-refractivity contribution in [2.24, 2.45) is 0 Å². The van der Waals surface area contributed by atoms with Gasteiger partial charge in [0.1, 0.15) is 23.2 Å². The number of cyclic esters (lactones) is 1. The number of piperidine rings is 1. The Balaban J connectivity index is 1.05. The highest BCUT2D eigenvalue weighted by molar-refractivity contribution is 5.97. The Morgan fingerprint density at radius 2 is 1.62 bits per heavy atom. The lowest BCUT2D eigenvalue weighted by Gasteiger charge is -2.36. The molecule has 9 nitrogen and oxygen atoms in total. The molecule has 0 bridgehead atoms. The van der Waals surface area contributed by atoms with E-state index in [-0.39, 0.29) is 24.1 Å². The van der Waals surface area contributed by atoms with Crippen LogP contribution in [-0.4, -0.2) is 86.1 Å². The molecule has 37 heavy (non-hydrogen) atoms. The van der Waals surface area contributed by atoms with Gasteiger partial charge in [-0.15, -0.1) is 0 Å². The SMILES string of the molecule is COc1cc(OC)c2c(c1)[C@@H](CCCCCCCCCN1CCC(N3CCN(C=O)C3=O)CC1)OC2=O. The second-order valence-electron chi connectivity index (χ2n) is 10.3. The monoisotopic (exact) mass is 515 g/mol. The van der Waals surface area contributed by atoms with E-state index in [1.165, 1.54) is 37.0 Å². The fourth-order valence-corrected chi connectivity index (χ4v) is 5.84. The first-order chi connectivity index (χ1) is 18.0. The molecule has 204 valence electrons. The average Bonchev–Trinajstić information content (AvgIpc) is 3.46. The maximum absolute atomic E-state index is 12.3. The molecule has 3 amide bonds. The zero-order chi connectivity index (χ0) is 26.2. The van der Waals surface area contributed by atoms with E-state index in [0.717, 1.165) is 57.3 Å². The van der Waals surface area contributed by atoms with Crippen LogP contribution >= 0.6 is 0 Å². The summed E-state index contributed by atoms with van der Waals surface area (Å²) < 4.78 is 16.4. The highest BCUT2D eigenvalue weighted by Gasteiger charge is 2.36. The van der Waals surface area contributed by atoms with Gasteiger partial charge in [-0.3, -0.25) is 9.69 Å². The van der Waals surface area contributed by atoms with E-state index < -0.39 is 0 Å². The number of carbonyl (C=O) groups excluding carboxylic acids is 3. The number of fused-ring (bicyclic) bond motifs is 1. The number of ether oxygens (including phenoxy) is 3. The minimum atomic E-state index is -0.308. The van der Waals surface area contributed by atoms with Crippen molar-refractivity contribution in [3.63, 3.8) is 0 Å². The highest BCUT2D eigenvalue weighted by Crippen LogP contribution is 2.41. The Hall–Kier alpha value is -2.81. The van der Waals surface area contributed by atoms with Gasteiger partial charge in [0.2, 0.25) is 6.41 Å². The molecule has 0 aromatic heterocycles. The summed E-state index contributed by atoms with van der Waals surface area (Å²) in [6.45, 7) is 4.38. The molecule has 3 heterocycles. The summed E-state index contributed by atoms with van der Waals surface area (Å²) in [5.74, 6) is 0.882. The molecule has 2 saturated heterocycles. The minimum absolute atomic E-state index is 0.122. The van der Waals surface area contributed by atoms with E-state index in [9.17, 15) is 14.4 Å². The van der Waals surface area contributed by atoms with Crippen molar-refractivity contribution in [1.29, 1.82) is 0 Å². The molecule has 1 aromatic rings. The van der Waals surface area contributed by atoms with Gasteiger partial charge < -0.3 is 24.0 Å². The first-order valence-corrected chi connectivity index (χ1v) is 13.8. The first kappa shape index (κ1) is 27.2. The molecule has 3 aliphatic rings. The Labute approximate surface area is 220 Å². The van der Waals surface area contributed by atoms with Crippen molar-refractivity contribution in [3.8, 4) is 11.5 Å². The van der Waals surface area contributed by atoms with E-state index in [1.54, 1.807) is 20.3 Å². The second kappa shape index (κ2) is 13.1. The molecule has 2 fully saturated rings. The predicted octanol–water partition coefficient (Wildman–Crippen LogP) is 4.39. The summed E-state index contributed by atoms with van der Waals surface area (Å²) in [6, 6.07) is 3.77. The molecule has 0 saturated carbocycles. The third-order valence-electron chi connectivity index (χ3n) is 8.00. The topological polar surface area (TPSA) is 88.6 Å². The van der Waals surface area contributed by atoms with Crippen LogP contribution in [0.25, 0.3) is 0 Å². The quantitative estimate of drug-likeness (QED) is 0.206. The van der Waals surface area contributed by atoms with Gasteiger partial charge in [0.05, 0.1) is 14.2 Å². The lowest BCUT2D eigenvalue weighted by molar-refractivity contribution is -0.115. The molecule has 0 N–H and O–H groups in total. The molecular formula is C28H41N3O6. The molecule has 4 rings (SSSR count). The Bertz CT molecular complexity index is 946. The Morgan fingerprint density at radius 1 is 0.919 bits per heavy atom. The minimum Gasteiger partial charge on any atom is -0.497 e. The number of benzene rings is 1. The molecular weight excluding hydrogens is 474 g/mol. The van der Waals surface area contributed by atoms with Crippen LogP contribution in [0.1, 0.15) is 86.2 Å². The summed E-state index contributed by atoms with van der Waals surface area (Å²) in [5.41, 5.74) is 1.41. The highest BCUT2D eigenvalue weighted by atomic mass is 16.6. The molecule has 0 unspecified atom stereocenters. The van der Waals surface area contributed by atoms with Crippen LogP contribution in [-0.2, 0) is 9.53 Å². The standard InChI is InChI=1S/C28H41N3O6/c1-35-22-18-23-24(37-27(33)26(23)25(19-22)36-2)10-8-6-4-3-5-7-9-13-29-14-11-21(12-15-29)31-17-16-30(20-32)28(31)34/h18-21,24H,3-17H2,1-2H3/t24-/m1/s1. The first-order valence-electron chi connectivity index (χ1n) is 13.8. The number of hydrogen-bond acceptors (Lipinski definition) is 7. The number of unbranched alkanes of at least 4 members (excludes halogenated alkanes) is 6. The fraction of sp³-hybridized carbons (Fsp3) is 0.679. The zero-order valence-corrected chi connectivity index (χ0v) is 22.3. The molecule has 0 spiro atoms. The van der Waals surface area contributed by atoms with Gasteiger partial charge in [-0.25, -0.2) is 9.59 Å². The summed E-state index contributed by atoms with van der Waals surface area (Å²) in [5, 5.41) is 0. The van der Waals surface area contributed by atoms with Crippen LogP contribution in [0.3, 0.4) is 0 Å². The number of likely N-dealkylation sites (tertiary alicyclic amines) is 1. The van der Waals surface area contributed by atoms with Crippen LogP contribution in [0.5, 0.6) is 11.5 Å². The number of imide groups is 1. The average molecular weight is 516 g/mol. The van der Waals surface area contributed by atoms with Crippen molar-refractivity contribution < 1.29 is 28.6 Å². The van der Waals surface area contributed by atoms with Crippen LogP contribution in [0.2, 0.25) is 0 Å². The van der Waals surface area contributed by atoms with Crippen LogP contribution in [0.15, 0.2) is 12.1 Å². The van der Waals surface area contributed by atoms with E-state index in [4.69, 9.17) is 14.2 Å². The molecule has 0 radical (unpaired) electrons. The number of amides is 3. The number of carbonyl (C=O) groups is 3. The van der Waals surface area contributed by atoms with Crippen molar-refractivity contribution in [2.45, 2.75) is 76.4 Å². The summed E-state index contributed by atoms with van der Waals surface area (Å²) in [7, 11) is 3.17. The lowest BCUT2D eigenvalue weighted by atomic mass is 9.98. The zero-order valence-electron chi connectivity index (χ0n) is 22.3. The van der Waals surface area contributed by atoms with Crippen LogP contribution in [0.4, 0.5) is 4.79 Å². The molecule has 1 aromatic carbocycles. The van der Waals surface area contributed by atoms with Crippen molar-refractivity contribution >= 4 is 18.4 Å². The van der Waals surface area contributed by atoms with Crippen LogP contribution in [0, 0.1) is 0 Å². The van der Waals surface area contributed by atoms with Gasteiger partial charge in [-0.05, 0) is 44.7 Å². The smallest absolute Gasteiger partial charge is 0.342 e. The largest absolute Gasteiger partial charge is 0.497 e. The van der Waals surface area contributed by atoms with Gasteiger partial charge in [0, 0.05) is 43.9 Å². The number of hydrogen-bond donors (Lipinski definition) is 0. The number of rotatable bonds is 14. The fourth-order valence-electron chi connectivity index (χ4n) is 5.84. The van der Waals surface area contributed by atoms with Crippen molar-refractivity contribution in [1.82, 2.24) is 14.7 Å². The van der Waals surface area contributed by atoms with Gasteiger partial charge in [0.25, 0.3) is 0 Å². The summed E-state index contributed by atoms with van der Waals surface area (Å²) in [4.78, 5) is 41.2. The van der Waals surface area contributed by atoms with Gasteiger partial charge in [-0.1, -0.05) is 32.1 Å². The number of methoxy groups -OCH3 is 2. The summed E-state index contributed by atoms with van der Waals surface area (Å²) in [6.07, 6.45) is 11.5. The number of esters is 1. The van der Waals surface area contributed by atoms with Gasteiger partial charge >= 0.3 is 12.0 Å². The van der Waals surface area contributed by atoms with Crippen molar-refractivity contribution in [2.75, 3.05) is 46.9 Å². The normalized spacial score (nSPS) is 20.3. The predicted molar refractivity (Wildman–Crippen MR) is 139 cm³/mol. The maximum Gasteiger partial charge on any atom is 0.342 e. The second-order valence-corrected chi connectivity index (χ2v) is 10.3. The third kappa shape index (κ3) is 6.55. The van der Waals surface area contributed by atoms with E-state index in [2.05, 4.69) is 4.90 Å². The van der Waals surface area contributed by atoms with Gasteiger partial charge in [0.15, 0.2) is 0 Å². The number of nitrogens with zero attached hydrogens (tertiary/aromatic N) is 3. The van der Waals surface area contributed by atoms with E-state index in [0.29, 0.717) is 36.6 Å². The third-order valence-corrected chi connectivity index (χ3v) is 8.00. The van der Waals surface area contributed by atoms with Crippen LogP contribution < -0.4 is 9.47 Å². The Kier molecular flexibility index (Phi) is 9.66.